The second kappa shape index (κ2) is 25.0. The molecule has 1 saturated heterocycles. The van der Waals surface area contributed by atoms with E-state index in [0.717, 1.165) is 11.2 Å². The number of oxazole rings is 1. The standard InChI is InChI=1S/C36H50N3O14/c1-43-14-15-46-20-21-49-24-25-50-26-27-51-29-5-6-30-32(28-29)52-36(37-30)31-4-2-3-10-38(31)11-13-45-17-19-48-23-22-47-18-16-44-12-9-35(42)53-39-33(40)7-8-34(39)41/h2-6,10,28H,7-9,11-27H2,1H3/q+1. The zero-order valence-electron chi connectivity index (χ0n) is 30.2. The first kappa shape index (κ1) is 41.7. The van der Waals surface area contributed by atoms with Crippen molar-refractivity contribution in [2.24, 2.45) is 0 Å². The molecule has 2 aromatic heterocycles. The summed E-state index contributed by atoms with van der Waals surface area (Å²) in [6, 6.07) is 11.4. The highest BCUT2D eigenvalue weighted by Crippen LogP contribution is 2.25. The fourth-order valence-corrected chi connectivity index (χ4v) is 4.76. The Kier molecular flexibility index (Phi) is 19.7. The molecule has 2 amide bonds. The second-order valence-corrected chi connectivity index (χ2v) is 11.4. The van der Waals surface area contributed by atoms with Crippen LogP contribution in [0.15, 0.2) is 47.0 Å². The first-order valence-electron chi connectivity index (χ1n) is 17.7. The molecule has 1 aromatic carbocycles. The number of methoxy groups -OCH3 is 1. The molecule has 0 atom stereocenters. The van der Waals surface area contributed by atoms with Crippen LogP contribution in [0.1, 0.15) is 19.3 Å². The number of aromatic nitrogens is 2. The van der Waals surface area contributed by atoms with E-state index < -0.39 is 17.8 Å². The van der Waals surface area contributed by atoms with Gasteiger partial charge in [-0.1, -0.05) is 0 Å². The van der Waals surface area contributed by atoms with E-state index in [9.17, 15) is 14.4 Å². The zero-order valence-corrected chi connectivity index (χ0v) is 30.2. The van der Waals surface area contributed by atoms with Crippen molar-refractivity contribution >= 4 is 28.9 Å². The summed E-state index contributed by atoms with van der Waals surface area (Å²) in [5.41, 5.74) is 2.16. The number of hydrogen-bond donors (Lipinski definition) is 0. The van der Waals surface area contributed by atoms with Gasteiger partial charge in [-0.25, -0.2) is 9.78 Å². The summed E-state index contributed by atoms with van der Waals surface area (Å²) in [4.78, 5) is 44.1. The third-order valence-electron chi connectivity index (χ3n) is 7.43. The highest BCUT2D eigenvalue weighted by molar-refractivity contribution is 6.01. The quantitative estimate of drug-likeness (QED) is 0.0549. The summed E-state index contributed by atoms with van der Waals surface area (Å²) < 4.78 is 57.4. The minimum Gasteiger partial charge on any atom is -0.491 e. The van der Waals surface area contributed by atoms with Crippen LogP contribution in [-0.4, -0.2) is 141 Å². The van der Waals surface area contributed by atoms with Crippen molar-refractivity contribution in [3.8, 4) is 17.3 Å². The molecule has 3 heterocycles. The molecule has 53 heavy (non-hydrogen) atoms. The number of carbonyl (C=O) groups is 3. The van der Waals surface area contributed by atoms with E-state index >= 15 is 0 Å². The van der Waals surface area contributed by atoms with Crippen LogP contribution in [0.3, 0.4) is 0 Å². The van der Waals surface area contributed by atoms with Crippen LogP contribution in [0.25, 0.3) is 22.7 Å². The van der Waals surface area contributed by atoms with Crippen molar-refractivity contribution < 1.29 is 70.8 Å². The number of fused-ring (bicyclic) bond motifs is 1. The van der Waals surface area contributed by atoms with E-state index in [1.54, 1.807) is 7.11 Å². The van der Waals surface area contributed by atoms with Crippen molar-refractivity contribution in [2.45, 2.75) is 25.8 Å². The molecule has 0 radical (unpaired) electrons. The summed E-state index contributed by atoms with van der Waals surface area (Å²) in [6.45, 7) is 7.29. The predicted molar refractivity (Wildman–Crippen MR) is 185 cm³/mol. The van der Waals surface area contributed by atoms with Gasteiger partial charge in [-0.2, -0.15) is 4.57 Å². The molecule has 17 heteroatoms. The summed E-state index contributed by atoms with van der Waals surface area (Å²) in [6.07, 6.45) is 1.98. The van der Waals surface area contributed by atoms with Crippen molar-refractivity contribution in [3.63, 3.8) is 0 Å². The van der Waals surface area contributed by atoms with Crippen molar-refractivity contribution in [1.82, 2.24) is 10.0 Å². The Balaban J connectivity index is 1.01. The maximum atomic E-state index is 11.7. The van der Waals surface area contributed by atoms with E-state index in [4.69, 9.17) is 51.9 Å². The number of rotatable bonds is 30. The Hall–Kier alpha value is -4.07. The topological polar surface area (TPSA) is 177 Å². The number of benzene rings is 1. The van der Waals surface area contributed by atoms with Crippen molar-refractivity contribution in [1.29, 1.82) is 0 Å². The summed E-state index contributed by atoms with van der Waals surface area (Å²) in [7, 11) is 1.64. The molecule has 3 aromatic rings. The number of hydrogen-bond acceptors (Lipinski definition) is 15. The molecule has 0 saturated carbocycles. The number of ether oxygens (including phenoxy) is 9. The minimum atomic E-state index is -0.703. The SMILES string of the molecule is COCCOCCOCCOCCOc1ccc2nc(-c3cccc[n+]3CCOCCOCCOCCOCCC(=O)ON3C(=O)CCC3=O)oc2c1. The Morgan fingerprint density at radius 3 is 1.91 bits per heavy atom. The number of carbonyl (C=O) groups excluding carboxylic acids is 3. The molecule has 4 rings (SSSR count). The summed E-state index contributed by atoms with van der Waals surface area (Å²) in [5, 5.41) is 0.521. The Labute approximate surface area is 308 Å². The largest absolute Gasteiger partial charge is 0.491 e. The second-order valence-electron chi connectivity index (χ2n) is 11.4. The lowest BCUT2D eigenvalue weighted by molar-refractivity contribution is -0.688. The lowest BCUT2D eigenvalue weighted by Gasteiger charge is -2.12. The molecular formula is C36H50N3O14+. The normalized spacial score (nSPS) is 13.0. The van der Waals surface area contributed by atoms with Crippen LogP contribution in [-0.2, 0) is 63.7 Å². The average Bonchev–Trinajstić information content (AvgIpc) is 3.73. The van der Waals surface area contributed by atoms with Gasteiger partial charge in [0, 0.05) is 38.2 Å². The Bertz CT molecular complexity index is 1500. The van der Waals surface area contributed by atoms with Gasteiger partial charge in [0.15, 0.2) is 18.3 Å². The zero-order chi connectivity index (χ0) is 37.4. The van der Waals surface area contributed by atoms with Gasteiger partial charge in [0.25, 0.3) is 23.4 Å². The fraction of sp³-hybridized carbons (Fsp3) is 0.583. The molecule has 17 nitrogen and oxygen atoms in total. The van der Waals surface area contributed by atoms with Gasteiger partial charge in [-0.05, 0) is 18.2 Å². The monoisotopic (exact) mass is 748 g/mol. The van der Waals surface area contributed by atoms with Crippen LogP contribution < -0.4 is 9.30 Å². The highest BCUT2D eigenvalue weighted by Gasteiger charge is 2.32. The van der Waals surface area contributed by atoms with Gasteiger partial charge in [0.1, 0.15) is 24.5 Å². The lowest BCUT2D eigenvalue weighted by atomic mass is 10.3. The van der Waals surface area contributed by atoms with Crippen molar-refractivity contribution in [2.75, 3.05) is 113 Å². The molecule has 1 fully saturated rings. The van der Waals surface area contributed by atoms with E-state index in [1.807, 2.05) is 47.2 Å². The van der Waals surface area contributed by atoms with Gasteiger partial charge < -0.3 is 51.9 Å². The average molecular weight is 749 g/mol. The van der Waals surface area contributed by atoms with Gasteiger partial charge in [0.2, 0.25) is 0 Å². The number of pyridine rings is 1. The molecule has 1 aliphatic heterocycles. The lowest BCUT2D eigenvalue weighted by Crippen LogP contribution is -2.38. The first-order chi connectivity index (χ1) is 26.0. The molecule has 1 aliphatic rings. The van der Waals surface area contributed by atoms with Crippen molar-refractivity contribution in [3.05, 3.63) is 42.6 Å². The fourth-order valence-electron chi connectivity index (χ4n) is 4.76. The maximum absolute atomic E-state index is 11.7. The number of nitrogens with zero attached hydrogens (tertiary/aromatic N) is 3. The molecule has 0 N–H and O–H groups in total. The van der Waals surface area contributed by atoms with Crippen LogP contribution >= 0.6 is 0 Å². The molecule has 0 unspecified atom stereocenters. The number of imide groups is 1. The van der Waals surface area contributed by atoms with E-state index in [0.29, 0.717) is 121 Å². The van der Waals surface area contributed by atoms with Crippen LogP contribution in [0.2, 0.25) is 0 Å². The van der Waals surface area contributed by atoms with Gasteiger partial charge in [-0.15, -0.1) is 5.06 Å². The number of hydroxylamine groups is 2. The molecule has 0 bridgehead atoms. The summed E-state index contributed by atoms with van der Waals surface area (Å²) >= 11 is 0. The Morgan fingerprint density at radius 2 is 1.28 bits per heavy atom. The maximum Gasteiger partial charge on any atom is 0.335 e. The third-order valence-corrected chi connectivity index (χ3v) is 7.43. The van der Waals surface area contributed by atoms with E-state index in [-0.39, 0.29) is 32.5 Å². The third kappa shape index (κ3) is 15.8. The van der Waals surface area contributed by atoms with E-state index in [2.05, 4.69) is 4.98 Å². The van der Waals surface area contributed by atoms with Gasteiger partial charge >= 0.3 is 5.97 Å². The number of amides is 2. The summed E-state index contributed by atoms with van der Waals surface area (Å²) in [5.74, 6) is -0.571. The first-order valence-corrected chi connectivity index (χ1v) is 17.7. The molecule has 292 valence electrons. The predicted octanol–water partition coefficient (Wildman–Crippen LogP) is 1.92. The molecular weight excluding hydrogens is 698 g/mol. The highest BCUT2D eigenvalue weighted by atomic mass is 16.7. The Morgan fingerprint density at radius 1 is 0.717 bits per heavy atom. The van der Waals surface area contributed by atoms with Gasteiger partial charge in [0.05, 0.1) is 98.9 Å². The van der Waals surface area contributed by atoms with Gasteiger partial charge in [-0.3, -0.25) is 9.59 Å². The minimum absolute atomic E-state index is 0.0542. The molecule has 0 spiro atoms. The van der Waals surface area contributed by atoms with Crippen LogP contribution in [0, 0.1) is 0 Å². The van der Waals surface area contributed by atoms with Crippen LogP contribution in [0.5, 0.6) is 5.75 Å². The smallest absolute Gasteiger partial charge is 0.335 e. The molecule has 0 aliphatic carbocycles. The van der Waals surface area contributed by atoms with E-state index in [1.165, 1.54) is 0 Å². The van der Waals surface area contributed by atoms with Crippen LogP contribution in [0.4, 0.5) is 0 Å².